The van der Waals surface area contributed by atoms with Crippen LogP contribution in [0.2, 0.25) is 0 Å². The molecule has 86 valence electrons. The first-order chi connectivity index (χ1) is 6.99. The van der Waals surface area contributed by atoms with Crippen LogP contribution < -0.4 is 5.73 Å². The van der Waals surface area contributed by atoms with Gasteiger partial charge >= 0.3 is 0 Å². The lowest BCUT2D eigenvalue weighted by molar-refractivity contribution is 0.404. The lowest BCUT2D eigenvalue weighted by Gasteiger charge is -2.22. The van der Waals surface area contributed by atoms with Crippen molar-refractivity contribution < 1.29 is 0 Å². The van der Waals surface area contributed by atoms with E-state index in [1.54, 1.807) is 0 Å². The maximum Gasteiger partial charge on any atom is 0.0699 e. The third-order valence-electron chi connectivity index (χ3n) is 2.85. The summed E-state index contributed by atoms with van der Waals surface area (Å²) in [6.45, 7) is 8.57. The maximum atomic E-state index is 6.24. The number of aromatic nitrogens is 2. The summed E-state index contributed by atoms with van der Waals surface area (Å²) in [5.41, 5.74) is 7.35. The molecule has 0 amide bonds. The first kappa shape index (κ1) is 12.7. The van der Waals surface area contributed by atoms with Gasteiger partial charge in [0.15, 0.2) is 0 Å². The zero-order chi connectivity index (χ0) is 11.6. The smallest absolute Gasteiger partial charge is 0.0699 e. The molecule has 1 aromatic heterocycles. The Balaban J connectivity index is 3.06. The predicted octanol–water partition coefficient (Wildman–Crippen LogP) is 3.27. The molecule has 1 rings (SSSR count). The second kappa shape index (κ2) is 5.12. The van der Waals surface area contributed by atoms with Gasteiger partial charge in [0.1, 0.15) is 0 Å². The fraction of sp³-hybridized carbons (Fsp3) is 0.727. The summed E-state index contributed by atoms with van der Waals surface area (Å²) in [5, 5.41) is 4.34. The molecule has 15 heavy (non-hydrogen) atoms. The van der Waals surface area contributed by atoms with Crippen LogP contribution in [0.25, 0.3) is 0 Å². The van der Waals surface area contributed by atoms with Crippen molar-refractivity contribution in [2.24, 2.45) is 11.7 Å². The van der Waals surface area contributed by atoms with E-state index in [4.69, 9.17) is 5.73 Å². The number of nitrogens with two attached hydrogens (primary N) is 1. The van der Waals surface area contributed by atoms with Crippen LogP contribution in [0.15, 0.2) is 10.7 Å². The first-order valence-corrected chi connectivity index (χ1v) is 6.26. The summed E-state index contributed by atoms with van der Waals surface area (Å²) < 4.78 is 3.02. The second-order valence-electron chi connectivity index (χ2n) is 4.33. The molecule has 0 spiro atoms. The normalized spacial score (nSPS) is 15.7. The van der Waals surface area contributed by atoms with Crippen molar-refractivity contribution in [3.63, 3.8) is 0 Å². The number of hydrogen-bond donors (Lipinski definition) is 1. The molecule has 2 unspecified atom stereocenters. The Bertz CT molecular complexity index is 320. The SMILES string of the molecule is CCC(C)C(N)c1c(Br)cnn1C(C)C. The number of halogens is 1. The highest BCUT2D eigenvalue weighted by Gasteiger charge is 2.21. The molecule has 1 heterocycles. The second-order valence-corrected chi connectivity index (χ2v) is 5.18. The summed E-state index contributed by atoms with van der Waals surface area (Å²) >= 11 is 3.52. The Hall–Kier alpha value is -0.350. The molecule has 0 aliphatic heterocycles. The molecule has 2 N–H and O–H groups in total. The summed E-state index contributed by atoms with van der Waals surface area (Å²) in [6, 6.07) is 0.399. The maximum absolute atomic E-state index is 6.24. The van der Waals surface area contributed by atoms with Crippen LogP contribution in [0.5, 0.6) is 0 Å². The summed E-state index contributed by atoms with van der Waals surface area (Å²) in [6.07, 6.45) is 2.91. The van der Waals surface area contributed by atoms with E-state index in [1.165, 1.54) is 0 Å². The molecular weight excluding hydrogens is 254 g/mol. The highest BCUT2D eigenvalue weighted by atomic mass is 79.9. The minimum atomic E-state index is 0.0503. The molecule has 0 aliphatic rings. The van der Waals surface area contributed by atoms with Crippen LogP contribution in [0.3, 0.4) is 0 Å². The third kappa shape index (κ3) is 2.61. The molecule has 2 atom stereocenters. The molecule has 3 nitrogen and oxygen atoms in total. The average Bonchev–Trinajstić information content (AvgIpc) is 2.58. The standard InChI is InChI=1S/C11H20BrN3/c1-5-8(4)10(13)11-9(12)6-14-15(11)7(2)3/h6-8,10H,5,13H2,1-4H3. The Kier molecular flexibility index (Phi) is 4.34. The first-order valence-electron chi connectivity index (χ1n) is 5.47. The van der Waals surface area contributed by atoms with E-state index < -0.39 is 0 Å². The molecule has 0 saturated carbocycles. The molecule has 4 heteroatoms. The van der Waals surface area contributed by atoms with Crippen molar-refractivity contribution >= 4 is 15.9 Å². The van der Waals surface area contributed by atoms with Crippen molar-refractivity contribution in [3.8, 4) is 0 Å². The summed E-state index contributed by atoms with van der Waals surface area (Å²) in [5.74, 6) is 0.468. The van der Waals surface area contributed by atoms with E-state index >= 15 is 0 Å². The Labute approximate surface area is 100 Å². The summed E-state index contributed by atoms with van der Waals surface area (Å²) in [7, 11) is 0. The molecule has 0 radical (unpaired) electrons. The van der Waals surface area contributed by atoms with Crippen molar-refractivity contribution in [2.75, 3.05) is 0 Å². The lowest BCUT2D eigenvalue weighted by atomic mass is 9.97. The van der Waals surface area contributed by atoms with Gasteiger partial charge in [0.25, 0.3) is 0 Å². The van der Waals surface area contributed by atoms with Gasteiger partial charge < -0.3 is 5.73 Å². The fourth-order valence-corrected chi connectivity index (χ4v) is 2.14. The van der Waals surface area contributed by atoms with Gasteiger partial charge in [0.05, 0.1) is 22.4 Å². The van der Waals surface area contributed by atoms with Crippen molar-refractivity contribution in [1.29, 1.82) is 0 Å². The van der Waals surface area contributed by atoms with Gasteiger partial charge in [0, 0.05) is 6.04 Å². The van der Waals surface area contributed by atoms with Crippen LogP contribution in [-0.2, 0) is 0 Å². The van der Waals surface area contributed by atoms with E-state index in [2.05, 4.69) is 48.7 Å². The number of hydrogen-bond acceptors (Lipinski definition) is 2. The van der Waals surface area contributed by atoms with Crippen LogP contribution in [0, 0.1) is 5.92 Å². The quantitative estimate of drug-likeness (QED) is 0.915. The lowest BCUT2D eigenvalue weighted by Crippen LogP contribution is -2.23. The van der Waals surface area contributed by atoms with Gasteiger partial charge in [-0.15, -0.1) is 0 Å². The zero-order valence-electron chi connectivity index (χ0n) is 9.87. The Morgan fingerprint density at radius 3 is 2.53 bits per heavy atom. The van der Waals surface area contributed by atoms with Crippen molar-refractivity contribution in [2.45, 2.75) is 46.2 Å². The largest absolute Gasteiger partial charge is 0.322 e. The van der Waals surface area contributed by atoms with E-state index in [0.29, 0.717) is 12.0 Å². The summed E-state index contributed by atoms with van der Waals surface area (Å²) in [4.78, 5) is 0. The Morgan fingerprint density at radius 2 is 2.07 bits per heavy atom. The molecule has 0 aromatic carbocycles. The highest BCUT2D eigenvalue weighted by Crippen LogP contribution is 2.29. The minimum absolute atomic E-state index is 0.0503. The van der Waals surface area contributed by atoms with Gasteiger partial charge in [-0.05, 0) is 35.7 Å². The highest BCUT2D eigenvalue weighted by molar-refractivity contribution is 9.10. The third-order valence-corrected chi connectivity index (χ3v) is 3.46. The average molecular weight is 274 g/mol. The van der Waals surface area contributed by atoms with Crippen LogP contribution >= 0.6 is 15.9 Å². The topological polar surface area (TPSA) is 43.8 Å². The van der Waals surface area contributed by atoms with Gasteiger partial charge in [-0.25, -0.2) is 0 Å². The molecule has 0 saturated heterocycles. The minimum Gasteiger partial charge on any atom is -0.322 e. The fourth-order valence-electron chi connectivity index (χ4n) is 1.60. The van der Waals surface area contributed by atoms with Gasteiger partial charge in [-0.3, -0.25) is 4.68 Å². The van der Waals surface area contributed by atoms with Gasteiger partial charge in [-0.1, -0.05) is 20.3 Å². The zero-order valence-corrected chi connectivity index (χ0v) is 11.5. The van der Waals surface area contributed by atoms with Gasteiger partial charge in [0.2, 0.25) is 0 Å². The van der Waals surface area contributed by atoms with Gasteiger partial charge in [-0.2, -0.15) is 5.10 Å². The van der Waals surface area contributed by atoms with Crippen LogP contribution in [0.4, 0.5) is 0 Å². The Morgan fingerprint density at radius 1 is 1.47 bits per heavy atom. The molecule has 1 aromatic rings. The van der Waals surface area contributed by atoms with Crippen molar-refractivity contribution in [1.82, 2.24) is 9.78 Å². The molecule has 0 bridgehead atoms. The van der Waals surface area contributed by atoms with Crippen LogP contribution in [-0.4, -0.2) is 9.78 Å². The van der Waals surface area contributed by atoms with E-state index in [9.17, 15) is 0 Å². The number of nitrogens with zero attached hydrogens (tertiary/aromatic N) is 2. The molecule has 0 fully saturated rings. The van der Waals surface area contributed by atoms with E-state index in [-0.39, 0.29) is 6.04 Å². The molecule has 0 aliphatic carbocycles. The predicted molar refractivity (Wildman–Crippen MR) is 66.7 cm³/mol. The van der Waals surface area contributed by atoms with Crippen LogP contribution in [0.1, 0.15) is 51.9 Å². The van der Waals surface area contributed by atoms with E-state index in [0.717, 1.165) is 16.6 Å². The number of rotatable bonds is 4. The van der Waals surface area contributed by atoms with Crippen molar-refractivity contribution in [3.05, 3.63) is 16.4 Å². The molecular formula is C11H20BrN3. The monoisotopic (exact) mass is 273 g/mol. The van der Waals surface area contributed by atoms with E-state index in [1.807, 2.05) is 10.9 Å².